The van der Waals surface area contributed by atoms with E-state index in [1.54, 1.807) is 0 Å². The number of nitrogens with two attached hydrogens (primary N) is 1. The Bertz CT molecular complexity index is 247. The Hall–Kier alpha value is -0.610. The summed E-state index contributed by atoms with van der Waals surface area (Å²) in [7, 11) is 0. The minimum absolute atomic E-state index is 0.0142. The molecule has 1 fully saturated rings. The first-order valence-corrected chi connectivity index (χ1v) is 5.08. The maximum absolute atomic E-state index is 11.4. The molecule has 1 unspecified atom stereocenters. The number of hydrogen-bond acceptors (Lipinski definition) is 2. The smallest absolute Gasteiger partial charge is 0.435 e. The monoisotopic (exact) mass is 201 g/mol. The highest BCUT2D eigenvalue weighted by Gasteiger charge is 2.56. The molecule has 4 nitrogen and oxygen atoms in total. The molecule has 1 heterocycles. The van der Waals surface area contributed by atoms with E-state index in [0.717, 1.165) is 6.42 Å². The maximum Gasteiger partial charge on any atom is 0.514 e. The SMILES string of the molecule is C[C@H]1C[C@@H](N)C[N+]1(C(=O)O)C(C)(C)C. The van der Waals surface area contributed by atoms with E-state index in [4.69, 9.17) is 5.73 Å². The lowest BCUT2D eigenvalue weighted by Gasteiger charge is -2.43. The van der Waals surface area contributed by atoms with Crippen LogP contribution in [0.2, 0.25) is 0 Å². The Morgan fingerprint density at radius 2 is 2.00 bits per heavy atom. The molecule has 0 aromatic heterocycles. The second kappa shape index (κ2) is 3.21. The van der Waals surface area contributed by atoms with Gasteiger partial charge in [0.25, 0.3) is 0 Å². The number of rotatable bonds is 0. The van der Waals surface area contributed by atoms with Gasteiger partial charge < -0.3 is 10.8 Å². The molecule has 0 aromatic carbocycles. The van der Waals surface area contributed by atoms with Gasteiger partial charge in [-0.2, -0.15) is 4.79 Å². The van der Waals surface area contributed by atoms with Gasteiger partial charge >= 0.3 is 6.09 Å². The van der Waals surface area contributed by atoms with E-state index in [-0.39, 0.29) is 22.1 Å². The molecule has 14 heavy (non-hydrogen) atoms. The average Bonchev–Trinajstić information content (AvgIpc) is 2.24. The van der Waals surface area contributed by atoms with Crippen LogP contribution in [0.4, 0.5) is 4.79 Å². The number of carboxylic acid groups (broad SMARTS) is 1. The minimum atomic E-state index is -0.752. The molecule has 1 rings (SSSR count). The van der Waals surface area contributed by atoms with Crippen LogP contribution in [0.3, 0.4) is 0 Å². The van der Waals surface area contributed by atoms with E-state index in [2.05, 4.69) is 0 Å². The molecule has 4 heteroatoms. The van der Waals surface area contributed by atoms with Gasteiger partial charge in [-0.3, -0.25) is 0 Å². The van der Waals surface area contributed by atoms with Crippen molar-refractivity contribution in [3.63, 3.8) is 0 Å². The minimum Gasteiger partial charge on any atom is -0.435 e. The third-order valence-corrected chi connectivity index (χ3v) is 3.46. The summed E-state index contributed by atoms with van der Waals surface area (Å²) in [6.45, 7) is 8.42. The van der Waals surface area contributed by atoms with Gasteiger partial charge in [-0.05, 0) is 27.7 Å². The zero-order valence-electron chi connectivity index (χ0n) is 9.45. The zero-order valence-corrected chi connectivity index (χ0v) is 9.45. The molecule has 0 spiro atoms. The van der Waals surface area contributed by atoms with Gasteiger partial charge in [-0.15, -0.1) is 0 Å². The normalized spacial score (nSPS) is 38.6. The van der Waals surface area contributed by atoms with E-state index >= 15 is 0 Å². The second-order valence-corrected chi connectivity index (χ2v) is 5.35. The van der Waals surface area contributed by atoms with Gasteiger partial charge in [-0.25, -0.2) is 4.48 Å². The van der Waals surface area contributed by atoms with Crippen LogP contribution in [-0.4, -0.2) is 39.9 Å². The Morgan fingerprint density at radius 3 is 2.14 bits per heavy atom. The van der Waals surface area contributed by atoms with E-state index in [1.165, 1.54) is 0 Å². The van der Waals surface area contributed by atoms with Crippen LogP contribution in [0.5, 0.6) is 0 Å². The predicted octanol–water partition coefficient (Wildman–Crippen LogP) is 1.40. The first-order valence-electron chi connectivity index (χ1n) is 5.08. The molecule has 1 amide bonds. The molecule has 0 aliphatic carbocycles. The lowest BCUT2D eigenvalue weighted by Crippen LogP contribution is -2.65. The summed E-state index contributed by atoms with van der Waals surface area (Å²) in [5, 5.41) is 9.40. The lowest BCUT2D eigenvalue weighted by atomic mass is 10.0. The summed E-state index contributed by atoms with van der Waals surface area (Å²) >= 11 is 0. The van der Waals surface area contributed by atoms with Crippen molar-refractivity contribution in [1.82, 2.24) is 0 Å². The fourth-order valence-corrected chi connectivity index (χ4v) is 2.73. The fraction of sp³-hybridized carbons (Fsp3) is 0.900. The highest BCUT2D eigenvalue weighted by Crippen LogP contribution is 2.36. The molecular weight excluding hydrogens is 180 g/mol. The Kier molecular flexibility index (Phi) is 2.63. The van der Waals surface area contributed by atoms with Crippen LogP contribution in [0, 0.1) is 0 Å². The summed E-state index contributed by atoms with van der Waals surface area (Å²) < 4.78 is 0.0914. The van der Waals surface area contributed by atoms with E-state index in [9.17, 15) is 9.90 Å². The summed E-state index contributed by atoms with van der Waals surface area (Å²) in [6, 6.07) is 0.114. The first kappa shape index (κ1) is 11.5. The number of quaternary nitrogens is 1. The topological polar surface area (TPSA) is 63.3 Å². The molecule has 0 bridgehead atoms. The van der Waals surface area contributed by atoms with Gasteiger partial charge in [0.1, 0.15) is 12.1 Å². The molecule has 3 N–H and O–H groups in total. The molecule has 0 radical (unpaired) electrons. The molecule has 1 saturated heterocycles. The van der Waals surface area contributed by atoms with Crippen molar-refractivity contribution < 1.29 is 14.4 Å². The number of carbonyl (C=O) groups is 1. The highest BCUT2D eigenvalue weighted by atomic mass is 16.4. The summed E-state index contributed by atoms with van der Waals surface area (Å²) in [5.41, 5.74) is 5.56. The average molecular weight is 201 g/mol. The van der Waals surface area contributed by atoms with Crippen molar-refractivity contribution in [2.75, 3.05) is 6.54 Å². The van der Waals surface area contributed by atoms with Crippen molar-refractivity contribution in [3.05, 3.63) is 0 Å². The number of amides is 1. The second-order valence-electron chi connectivity index (χ2n) is 5.35. The summed E-state index contributed by atoms with van der Waals surface area (Å²) in [4.78, 5) is 11.4. The standard InChI is InChI=1S/C10H20N2O2/c1-7-5-8(11)6-12(7,9(13)14)10(2,3)4/h7-8H,5-6,11H2,1-4H3/p+1/t7-,8+,12?/m0/s1. The molecule has 1 aliphatic rings. The van der Waals surface area contributed by atoms with Gasteiger partial charge in [0, 0.05) is 6.42 Å². The Labute approximate surface area is 85.3 Å². The third kappa shape index (κ3) is 1.42. The van der Waals surface area contributed by atoms with Gasteiger partial charge in [0.15, 0.2) is 0 Å². The largest absolute Gasteiger partial charge is 0.514 e. The van der Waals surface area contributed by atoms with Crippen LogP contribution < -0.4 is 5.73 Å². The van der Waals surface area contributed by atoms with Crippen molar-refractivity contribution in [3.8, 4) is 0 Å². The number of likely N-dealkylation sites (tertiary alicyclic amines) is 1. The Balaban J connectivity index is 3.12. The van der Waals surface area contributed by atoms with Gasteiger partial charge in [0.2, 0.25) is 0 Å². The molecule has 82 valence electrons. The number of hydrogen-bond donors (Lipinski definition) is 2. The highest BCUT2D eigenvalue weighted by molar-refractivity contribution is 5.58. The van der Waals surface area contributed by atoms with Crippen molar-refractivity contribution in [2.45, 2.75) is 51.7 Å². The van der Waals surface area contributed by atoms with E-state index in [1.807, 2.05) is 27.7 Å². The Morgan fingerprint density at radius 1 is 1.50 bits per heavy atom. The van der Waals surface area contributed by atoms with Crippen LogP contribution in [-0.2, 0) is 0 Å². The molecule has 3 atom stereocenters. The summed E-state index contributed by atoms with van der Waals surface area (Å²) in [6.07, 6.45) is 0.0433. The van der Waals surface area contributed by atoms with Crippen LogP contribution in [0.25, 0.3) is 0 Å². The molecule has 0 aromatic rings. The summed E-state index contributed by atoms with van der Waals surface area (Å²) in [5.74, 6) is 0. The van der Waals surface area contributed by atoms with E-state index in [0.29, 0.717) is 6.54 Å². The van der Waals surface area contributed by atoms with Crippen LogP contribution in [0.1, 0.15) is 34.1 Å². The number of nitrogens with zero attached hydrogens (tertiary/aromatic N) is 1. The zero-order chi connectivity index (χ0) is 11.1. The predicted molar refractivity (Wildman–Crippen MR) is 55.0 cm³/mol. The van der Waals surface area contributed by atoms with Crippen molar-refractivity contribution in [1.29, 1.82) is 0 Å². The van der Waals surface area contributed by atoms with Crippen molar-refractivity contribution in [2.24, 2.45) is 5.73 Å². The molecule has 1 aliphatic heterocycles. The third-order valence-electron chi connectivity index (χ3n) is 3.46. The molecule has 0 saturated carbocycles. The van der Waals surface area contributed by atoms with Crippen molar-refractivity contribution >= 4 is 6.09 Å². The lowest BCUT2D eigenvalue weighted by molar-refractivity contribution is -0.912. The van der Waals surface area contributed by atoms with Gasteiger partial charge in [-0.1, -0.05) is 0 Å². The first-order chi connectivity index (χ1) is 6.22. The van der Waals surface area contributed by atoms with Gasteiger partial charge in [0.05, 0.1) is 12.1 Å². The van der Waals surface area contributed by atoms with Crippen LogP contribution in [0.15, 0.2) is 0 Å². The fourth-order valence-electron chi connectivity index (χ4n) is 2.73. The molecular formula is C10H21N2O2+. The quantitative estimate of drug-likeness (QED) is 0.582. The maximum atomic E-state index is 11.4. The van der Waals surface area contributed by atoms with E-state index < -0.39 is 6.09 Å². The van der Waals surface area contributed by atoms with Crippen LogP contribution >= 0.6 is 0 Å².